The fourth-order valence-electron chi connectivity index (χ4n) is 5.73. The Balaban J connectivity index is 1.05. The highest BCUT2D eigenvalue weighted by Crippen LogP contribution is 2.30. The number of pyridine rings is 1. The number of ether oxygens (including phenoxy) is 1. The molecule has 2 N–H and O–H groups in total. The molecule has 5 rings (SSSR count). The standard InChI is InChI=1S/C28H33F3N4O3/c29-28(30,31)17-38-25-9-6-19-11-14-35(15-12-23(19)33-25)13-10-18-4-7-21(8-5-18)32-27(37)22-3-1-2-20-16-24(36)34-26(20)22/h1-3,6,9,18,21H,4-5,7-8,10-17H2,(H,32,37)(H,34,36). The number of carbonyl (C=O) groups excluding carboxylic acids is 2. The summed E-state index contributed by atoms with van der Waals surface area (Å²) >= 11 is 0. The maximum Gasteiger partial charge on any atom is 0.422 e. The van der Waals surface area contributed by atoms with Gasteiger partial charge in [-0.15, -0.1) is 0 Å². The summed E-state index contributed by atoms with van der Waals surface area (Å²) in [7, 11) is 0. The number of halogens is 3. The van der Waals surface area contributed by atoms with Crippen molar-refractivity contribution in [1.82, 2.24) is 15.2 Å². The summed E-state index contributed by atoms with van der Waals surface area (Å²) in [5.74, 6) is 0.427. The van der Waals surface area contributed by atoms with Gasteiger partial charge in [-0.05, 0) is 68.2 Å². The van der Waals surface area contributed by atoms with Crippen LogP contribution in [0.3, 0.4) is 0 Å². The maximum atomic E-state index is 12.9. The van der Waals surface area contributed by atoms with E-state index in [2.05, 4.69) is 20.5 Å². The lowest BCUT2D eigenvalue weighted by Crippen LogP contribution is -2.38. The molecule has 2 amide bonds. The van der Waals surface area contributed by atoms with E-state index >= 15 is 0 Å². The molecule has 38 heavy (non-hydrogen) atoms. The summed E-state index contributed by atoms with van der Waals surface area (Å²) in [5, 5.41) is 5.97. The molecule has 0 saturated heterocycles. The number of fused-ring (bicyclic) bond motifs is 2. The first-order valence-electron chi connectivity index (χ1n) is 13.4. The Hall–Kier alpha value is -3.14. The monoisotopic (exact) mass is 530 g/mol. The van der Waals surface area contributed by atoms with Crippen molar-refractivity contribution in [1.29, 1.82) is 0 Å². The lowest BCUT2D eigenvalue weighted by atomic mass is 9.84. The van der Waals surface area contributed by atoms with Gasteiger partial charge in [-0.2, -0.15) is 13.2 Å². The Labute approximate surface area is 220 Å². The third kappa shape index (κ3) is 6.64. The Morgan fingerprint density at radius 1 is 1.08 bits per heavy atom. The van der Waals surface area contributed by atoms with Gasteiger partial charge in [-0.3, -0.25) is 9.59 Å². The van der Waals surface area contributed by atoms with Gasteiger partial charge in [0.15, 0.2) is 6.61 Å². The van der Waals surface area contributed by atoms with Crippen LogP contribution in [0.15, 0.2) is 30.3 Å². The molecule has 3 heterocycles. The molecule has 2 aromatic rings. The lowest BCUT2D eigenvalue weighted by molar-refractivity contribution is -0.154. The molecule has 1 saturated carbocycles. The van der Waals surface area contributed by atoms with Crippen molar-refractivity contribution >= 4 is 17.5 Å². The van der Waals surface area contributed by atoms with Crippen molar-refractivity contribution < 1.29 is 27.5 Å². The highest BCUT2D eigenvalue weighted by atomic mass is 19.4. The number of nitrogens with zero attached hydrogens (tertiary/aromatic N) is 2. The van der Waals surface area contributed by atoms with E-state index in [4.69, 9.17) is 4.74 Å². The molecule has 1 aliphatic carbocycles. The van der Waals surface area contributed by atoms with Crippen LogP contribution in [0.4, 0.5) is 18.9 Å². The first-order chi connectivity index (χ1) is 18.2. The Morgan fingerprint density at radius 2 is 1.87 bits per heavy atom. The summed E-state index contributed by atoms with van der Waals surface area (Å²) in [6, 6.07) is 8.96. The molecule has 0 radical (unpaired) electrons. The summed E-state index contributed by atoms with van der Waals surface area (Å²) in [6.45, 7) is 1.37. The zero-order valence-electron chi connectivity index (χ0n) is 21.3. The van der Waals surface area contributed by atoms with E-state index in [9.17, 15) is 22.8 Å². The normalized spacial score (nSPS) is 21.7. The van der Waals surface area contributed by atoms with Crippen molar-refractivity contribution in [3.8, 4) is 5.88 Å². The van der Waals surface area contributed by atoms with Gasteiger partial charge < -0.3 is 20.3 Å². The average Bonchev–Trinajstić information content (AvgIpc) is 3.16. The number of hydrogen-bond acceptors (Lipinski definition) is 5. The van der Waals surface area contributed by atoms with Crippen molar-refractivity contribution in [2.45, 2.75) is 63.6 Å². The molecule has 204 valence electrons. The summed E-state index contributed by atoms with van der Waals surface area (Å²) in [4.78, 5) is 31.4. The van der Waals surface area contributed by atoms with E-state index in [1.165, 1.54) is 6.07 Å². The fraction of sp³-hybridized carbons (Fsp3) is 0.536. The molecule has 10 heteroatoms. The molecule has 0 atom stereocenters. The Morgan fingerprint density at radius 3 is 2.66 bits per heavy atom. The molecular weight excluding hydrogens is 497 g/mol. The third-order valence-electron chi connectivity index (χ3n) is 7.84. The van der Waals surface area contributed by atoms with Gasteiger partial charge in [0.1, 0.15) is 0 Å². The Bertz CT molecular complexity index is 1180. The van der Waals surface area contributed by atoms with E-state index in [-0.39, 0.29) is 23.7 Å². The fourth-order valence-corrected chi connectivity index (χ4v) is 5.73. The molecule has 1 aromatic carbocycles. The molecule has 0 spiro atoms. The van der Waals surface area contributed by atoms with E-state index in [1.807, 2.05) is 18.2 Å². The molecule has 0 unspecified atom stereocenters. The van der Waals surface area contributed by atoms with Gasteiger partial charge in [0.05, 0.1) is 17.7 Å². The number of benzene rings is 1. The van der Waals surface area contributed by atoms with Crippen molar-refractivity contribution in [3.63, 3.8) is 0 Å². The van der Waals surface area contributed by atoms with E-state index in [1.54, 1.807) is 6.07 Å². The number of hydrogen-bond donors (Lipinski definition) is 2. The number of para-hydroxylation sites is 1. The lowest BCUT2D eigenvalue weighted by Gasteiger charge is -2.31. The summed E-state index contributed by atoms with van der Waals surface area (Å²) < 4.78 is 42.2. The quantitative estimate of drug-likeness (QED) is 0.558. The van der Waals surface area contributed by atoms with Gasteiger partial charge in [-0.1, -0.05) is 18.2 Å². The molecule has 0 bridgehead atoms. The first-order valence-corrected chi connectivity index (χ1v) is 13.4. The van der Waals surface area contributed by atoms with Crippen LogP contribution >= 0.6 is 0 Å². The first kappa shape index (κ1) is 26.5. The van der Waals surface area contributed by atoms with Crippen LogP contribution in [0, 0.1) is 5.92 Å². The number of nitrogens with one attached hydrogen (secondary N) is 2. The number of rotatable bonds is 7. The van der Waals surface area contributed by atoms with E-state index in [0.29, 0.717) is 30.0 Å². The molecule has 7 nitrogen and oxygen atoms in total. The predicted octanol–water partition coefficient (Wildman–Crippen LogP) is 4.30. The highest BCUT2D eigenvalue weighted by Gasteiger charge is 2.29. The number of carbonyl (C=O) groups is 2. The highest BCUT2D eigenvalue weighted by molar-refractivity contribution is 6.08. The summed E-state index contributed by atoms with van der Waals surface area (Å²) in [5.41, 5.74) is 3.95. The van der Waals surface area contributed by atoms with Gasteiger partial charge in [0, 0.05) is 37.3 Å². The second-order valence-electron chi connectivity index (χ2n) is 10.5. The zero-order valence-corrected chi connectivity index (χ0v) is 21.3. The van der Waals surface area contributed by atoms with Gasteiger partial charge in [0.25, 0.3) is 5.91 Å². The van der Waals surface area contributed by atoms with Gasteiger partial charge in [-0.25, -0.2) is 4.98 Å². The van der Waals surface area contributed by atoms with Gasteiger partial charge >= 0.3 is 6.18 Å². The van der Waals surface area contributed by atoms with Crippen molar-refractivity contribution in [2.75, 3.05) is 31.6 Å². The number of anilines is 1. The third-order valence-corrected chi connectivity index (χ3v) is 7.84. The van der Waals surface area contributed by atoms with Gasteiger partial charge in [0.2, 0.25) is 11.8 Å². The second-order valence-corrected chi connectivity index (χ2v) is 10.5. The minimum absolute atomic E-state index is 0.0276. The Kier molecular flexibility index (Phi) is 7.88. The largest absolute Gasteiger partial charge is 0.468 e. The molecule has 3 aliphatic rings. The van der Waals surface area contributed by atoms with Crippen LogP contribution in [0.5, 0.6) is 5.88 Å². The average molecular weight is 531 g/mol. The molecule has 1 fully saturated rings. The topological polar surface area (TPSA) is 83.6 Å². The van der Waals surface area contributed by atoms with Crippen LogP contribution < -0.4 is 15.4 Å². The molecule has 2 aliphatic heterocycles. The predicted molar refractivity (Wildman–Crippen MR) is 136 cm³/mol. The minimum atomic E-state index is -4.38. The molecular formula is C28H33F3N4O3. The van der Waals surface area contributed by atoms with Crippen LogP contribution in [0.25, 0.3) is 0 Å². The van der Waals surface area contributed by atoms with E-state index < -0.39 is 12.8 Å². The number of aromatic nitrogens is 1. The zero-order chi connectivity index (χ0) is 26.7. The van der Waals surface area contributed by atoms with Crippen LogP contribution in [0.2, 0.25) is 0 Å². The molecule has 1 aromatic heterocycles. The summed E-state index contributed by atoms with van der Waals surface area (Å²) in [6.07, 6.45) is 2.54. The number of amides is 2. The van der Waals surface area contributed by atoms with Crippen LogP contribution in [-0.4, -0.2) is 60.2 Å². The van der Waals surface area contributed by atoms with Crippen molar-refractivity contribution in [3.05, 3.63) is 52.7 Å². The SMILES string of the molecule is O=C1Cc2cccc(C(=O)NC3CCC(CCN4CCc5ccc(OCC(F)(F)F)nc5CC4)CC3)c2N1. The van der Waals surface area contributed by atoms with E-state index in [0.717, 1.165) is 75.0 Å². The van der Waals surface area contributed by atoms with Crippen LogP contribution in [0.1, 0.15) is 59.3 Å². The second kappa shape index (κ2) is 11.3. The minimum Gasteiger partial charge on any atom is -0.468 e. The van der Waals surface area contributed by atoms with Crippen molar-refractivity contribution in [2.24, 2.45) is 5.92 Å². The maximum absolute atomic E-state index is 12.9. The number of alkyl halides is 3. The van der Waals surface area contributed by atoms with Crippen LogP contribution in [-0.2, 0) is 24.1 Å². The smallest absolute Gasteiger partial charge is 0.422 e.